The van der Waals surface area contributed by atoms with Crippen LogP contribution in [0.5, 0.6) is 5.88 Å². The maximum atomic E-state index is 11.9. The number of pyridine rings is 1. The summed E-state index contributed by atoms with van der Waals surface area (Å²) in [7, 11) is -5.76. The lowest BCUT2D eigenvalue weighted by Gasteiger charge is -2.27. The van der Waals surface area contributed by atoms with Crippen LogP contribution in [-0.4, -0.2) is 84.3 Å². The van der Waals surface area contributed by atoms with Crippen LogP contribution in [0.2, 0.25) is 0 Å². The fraction of sp³-hybridized carbons (Fsp3) is 0.476. The molecule has 12 nitrogen and oxygen atoms in total. The molecule has 1 N–H and O–H groups in total. The zero-order valence-electron chi connectivity index (χ0n) is 20.3. The molecule has 0 aliphatic carbocycles. The number of nitrogens with one attached hydrogen (secondary N) is 1. The molecule has 4 rings (SSSR count). The van der Waals surface area contributed by atoms with Crippen LogP contribution in [0, 0.1) is 6.92 Å². The minimum absolute atomic E-state index is 0.00967. The van der Waals surface area contributed by atoms with Gasteiger partial charge in [0.2, 0.25) is 21.9 Å². The van der Waals surface area contributed by atoms with Crippen molar-refractivity contribution in [2.24, 2.45) is 0 Å². The maximum Gasteiger partial charge on any atom is 0.264 e. The number of aromatic nitrogens is 3. The lowest BCUT2D eigenvalue weighted by atomic mass is 10.1. The average Bonchev–Trinajstić information content (AvgIpc) is 3.12. The second-order valence-electron chi connectivity index (χ2n) is 8.22. The second-order valence-corrected chi connectivity index (χ2v) is 12.8. The van der Waals surface area contributed by atoms with Gasteiger partial charge >= 0.3 is 0 Å². The minimum Gasteiger partial charge on any atom is -0.480 e. The van der Waals surface area contributed by atoms with Gasteiger partial charge in [-0.05, 0) is 18.6 Å². The van der Waals surface area contributed by atoms with Crippen LogP contribution in [0.4, 0.5) is 11.6 Å². The van der Waals surface area contributed by atoms with Gasteiger partial charge in [-0.3, -0.25) is 8.91 Å². The summed E-state index contributed by atoms with van der Waals surface area (Å²) in [5.74, 6) is 0.626. The molecule has 1 aliphatic heterocycles. The highest BCUT2D eigenvalue weighted by molar-refractivity contribution is 7.92. The van der Waals surface area contributed by atoms with E-state index >= 15 is 0 Å². The lowest BCUT2D eigenvalue weighted by Crippen LogP contribution is -2.37. The van der Waals surface area contributed by atoms with E-state index in [1.54, 1.807) is 12.3 Å². The van der Waals surface area contributed by atoms with Crippen LogP contribution in [0.25, 0.3) is 21.5 Å². The third-order valence-corrected chi connectivity index (χ3v) is 7.71. The molecule has 0 saturated carbocycles. The number of morpholine rings is 1. The first kappa shape index (κ1) is 26.5. The first-order valence-electron chi connectivity index (χ1n) is 10.9. The van der Waals surface area contributed by atoms with Crippen molar-refractivity contribution in [3.63, 3.8) is 0 Å². The summed E-state index contributed by atoms with van der Waals surface area (Å²) < 4.78 is 65.6. The molecule has 0 unspecified atom stereocenters. The molecule has 1 fully saturated rings. The number of methoxy groups -OCH3 is 1. The molecule has 0 aromatic carbocycles. The second kappa shape index (κ2) is 10.4. The number of thiophene rings is 1. The Labute approximate surface area is 213 Å². The van der Waals surface area contributed by atoms with Gasteiger partial charge in [0, 0.05) is 36.1 Å². The summed E-state index contributed by atoms with van der Waals surface area (Å²) in [6.07, 6.45) is 3.98. The van der Waals surface area contributed by atoms with E-state index in [1.807, 2.05) is 11.8 Å². The van der Waals surface area contributed by atoms with E-state index in [0.29, 0.717) is 55.4 Å². The number of ether oxygens (including phenoxy) is 2. The Morgan fingerprint density at radius 2 is 1.89 bits per heavy atom. The van der Waals surface area contributed by atoms with Gasteiger partial charge in [0.1, 0.15) is 5.69 Å². The Morgan fingerprint density at radius 1 is 1.17 bits per heavy atom. The monoisotopic (exact) mass is 557 g/mol. The lowest BCUT2D eigenvalue weighted by molar-refractivity contribution is 0.122. The van der Waals surface area contributed by atoms with E-state index in [9.17, 15) is 16.8 Å². The zero-order chi connectivity index (χ0) is 26.1. The smallest absolute Gasteiger partial charge is 0.264 e. The summed E-state index contributed by atoms with van der Waals surface area (Å²) in [5.41, 5.74) is 2.90. The molecule has 196 valence electrons. The van der Waals surface area contributed by atoms with Crippen molar-refractivity contribution in [2.75, 3.05) is 62.2 Å². The van der Waals surface area contributed by atoms with Crippen LogP contribution in [0.1, 0.15) is 10.4 Å². The number of aryl methyl sites for hydroxylation is 1. The molecule has 15 heteroatoms. The van der Waals surface area contributed by atoms with E-state index in [0.717, 1.165) is 27.7 Å². The van der Waals surface area contributed by atoms with Gasteiger partial charge in [-0.15, -0.1) is 11.3 Å². The Hall–Kier alpha value is -2.59. The fourth-order valence-corrected chi connectivity index (χ4v) is 5.91. The number of sulfonamides is 1. The number of hydrogen-bond acceptors (Lipinski definition) is 12. The zero-order valence-corrected chi connectivity index (χ0v) is 22.7. The Balaban J connectivity index is 1.87. The molecule has 3 aromatic rings. The molecule has 1 saturated heterocycles. The number of rotatable bonds is 9. The summed E-state index contributed by atoms with van der Waals surface area (Å²) in [5, 5.41) is 0. The van der Waals surface area contributed by atoms with Gasteiger partial charge in [-0.2, -0.15) is 8.42 Å². The van der Waals surface area contributed by atoms with Crippen LogP contribution in [-0.2, 0) is 35.5 Å². The fourth-order valence-electron chi connectivity index (χ4n) is 3.83. The number of fused-ring (bicyclic) bond motifs is 1. The van der Waals surface area contributed by atoms with Crippen LogP contribution in [0.3, 0.4) is 0 Å². The van der Waals surface area contributed by atoms with E-state index in [-0.39, 0.29) is 18.2 Å². The predicted molar refractivity (Wildman–Crippen MR) is 138 cm³/mol. The normalized spacial score (nSPS) is 14.8. The van der Waals surface area contributed by atoms with Crippen molar-refractivity contribution >= 4 is 53.3 Å². The van der Waals surface area contributed by atoms with Gasteiger partial charge in [0.05, 0.1) is 55.4 Å². The van der Waals surface area contributed by atoms with E-state index in [4.69, 9.17) is 23.6 Å². The molecular weight excluding hydrogens is 530 g/mol. The van der Waals surface area contributed by atoms with Crippen molar-refractivity contribution < 1.29 is 30.5 Å². The third-order valence-electron chi connectivity index (χ3n) is 5.38. The summed E-state index contributed by atoms with van der Waals surface area (Å²) in [4.78, 5) is 16.9. The summed E-state index contributed by atoms with van der Waals surface area (Å²) in [6.45, 7) is 4.24. The van der Waals surface area contributed by atoms with Gasteiger partial charge in [-0.25, -0.2) is 23.4 Å². The quantitative estimate of drug-likeness (QED) is 0.384. The van der Waals surface area contributed by atoms with Crippen molar-refractivity contribution in [2.45, 2.75) is 13.3 Å². The van der Waals surface area contributed by atoms with E-state index in [1.165, 1.54) is 18.4 Å². The Bertz CT molecular complexity index is 1480. The molecular formula is C21H27N5O7S3. The molecule has 0 spiro atoms. The summed E-state index contributed by atoms with van der Waals surface area (Å²) in [6, 6.07) is 1.62. The Kier molecular flexibility index (Phi) is 7.66. The number of nitrogens with zero attached hydrogens (tertiary/aromatic N) is 4. The summed E-state index contributed by atoms with van der Waals surface area (Å²) >= 11 is 1.47. The topological polar surface area (TPSA) is 150 Å². The van der Waals surface area contributed by atoms with Crippen molar-refractivity contribution in [1.29, 1.82) is 0 Å². The largest absolute Gasteiger partial charge is 0.480 e. The first-order valence-corrected chi connectivity index (χ1v) is 15.5. The standard InChI is InChI=1S/C21H27N5O7S3/c1-13-15(5-8-33-36(4,29)30)18-19(34-13)17(23-21(24-18)26-6-9-32-10-7-26)14-11-16(25-35(3,27)28)20(31-2)22-12-14/h11-12,25H,5-10H2,1-4H3. The van der Waals surface area contributed by atoms with Crippen molar-refractivity contribution in [1.82, 2.24) is 15.0 Å². The molecule has 3 aromatic heterocycles. The molecule has 0 amide bonds. The maximum absolute atomic E-state index is 11.9. The van der Waals surface area contributed by atoms with Crippen molar-refractivity contribution in [3.05, 3.63) is 22.7 Å². The molecule has 4 heterocycles. The van der Waals surface area contributed by atoms with Crippen LogP contribution in [0.15, 0.2) is 12.3 Å². The SMILES string of the molecule is COc1ncc(-c2nc(N3CCOCC3)nc3c(CCOS(C)(=O)=O)c(C)sc23)cc1NS(C)(=O)=O. The molecule has 36 heavy (non-hydrogen) atoms. The minimum atomic E-state index is -3.59. The van der Waals surface area contributed by atoms with E-state index in [2.05, 4.69) is 9.71 Å². The predicted octanol–water partition coefficient (Wildman–Crippen LogP) is 1.80. The third kappa shape index (κ3) is 6.21. The van der Waals surface area contributed by atoms with Gasteiger partial charge in [0.15, 0.2) is 0 Å². The molecule has 0 radical (unpaired) electrons. The van der Waals surface area contributed by atoms with Gasteiger partial charge in [0.25, 0.3) is 10.1 Å². The average molecular weight is 558 g/mol. The van der Waals surface area contributed by atoms with Gasteiger partial charge in [-0.1, -0.05) is 0 Å². The van der Waals surface area contributed by atoms with E-state index < -0.39 is 20.1 Å². The molecule has 0 atom stereocenters. The van der Waals surface area contributed by atoms with Gasteiger partial charge < -0.3 is 14.4 Å². The first-order chi connectivity index (χ1) is 16.9. The highest BCUT2D eigenvalue weighted by atomic mass is 32.2. The Morgan fingerprint density at radius 3 is 2.53 bits per heavy atom. The highest BCUT2D eigenvalue weighted by Gasteiger charge is 2.23. The molecule has 1 aliphatic rings. The highest BCUT2D eigenvalue weighted by Crippen LogP contribution is 2.39. The van der Waals surface area contributed by atoms with Crippen LogP contribution < -0.4 is 14.4 Å². The number of hydrogen-bond donors (Lipinski definition) is 1. The van der Waals surface area contributed by atoms with Crippen LogP contribution >= 0.6 is 11.3 Å². The van der Waals surface area contributed by atoms with Crippen molar-refractivity contribution in [3.8, 4) is 17.1 Å². The number of anilines is 2. The molecule has 0 bridgehead atoms.